The highest BCUT2D eigenvalue weighted by molar-refractivity contribution is 6.34. The van der Waals surface area contributed by atoms with Crippen molar-refractivity contribution in [1.82, 2.24) is 4.90 Å². The smallest absolute Gasteiger partial charge is 0.246 e. The zero-order valence-corrected chi connectivity index (χ0v) is 14.5. The largest absolute Gasteiger partial charge is 0.326 e. The summed E-state index contributed by atoms with van der Waals surface area (Å²) in [5, 5.41) is 3.91. The average molecular weight is 352 g/mol. The first-order valence-corrected chi connectivity index (χ1v) is 7.88. The Labute approximate surface area is 146 Å². The van der Waals surface area contributed by atoms with Gasteiger partial charge in [-0.3, -0.25) is 9.69 Å². The fourth-order valence-corrected chi connectivity index (χ4v) is 2.95. The molecule has 2 rings (SSSR count). The summed E-state index contributed by atoms with van der Waals surface area (Å²) in [4.78, 5) is 14.5. The zero-order valence-electron chi connectivity index (χ0n) is 13.0. The molecule has 0 heterocycles. The summed E-state index contributed by atoms with van der Waals surface area (Å²) < 4.78 is 0. The number of halogens is 2. The maximum atomic E-state index is 12.7. The lowest BCUT2D eigenvalue weighted by Gasteiger charge is -2.24. The van der Waals surface area contributed by atoms with Gasteiger partial charge in [0.1, 0.15) is 6.04 Å². The molecule has 0 aromatic heterocycles. The van der Waals surface area contributed by atoms with Crippen LogP contribution in [0.2, 0.25) is 10.0 Å². The Morgan fingerprint density at radius 3 is 2.39 bits per heavy atom. The summed E-state index contributed by atoms with van der Waals surface area (Å²) in [6.45, 7) is 0.421. The maximum Gasteiger partial charge on any atom is 0.246 e. The molecule has 0 spiro atoms. The summed E-state index contributed by atoms with van der Waals surface area (Å²) in [6, 6.07) is 12.1. The van der Waals surface area contributed by atoms with Crippen LogP contribution >= 0.6 is 23.2 Å². The first kappa shape index (κ1) is 17.8. The number of likely N-dealkylation sites (N-methyl/N-ethyl adjacent to an activating group) is 1. The van der Waals surface area contributed by atoms with Crippen LogP contribution in [0.4, 0.5) is 5.69 Å². The van der Waals surface area contributed by atoms with Crippen molar-refractivity contribution >= 4 is 34.8 Å². The zero-order chi connectivity index (χ0) is 17.0. The number of nitrogens with one attached hydrogen (secondary N) is 1. The first-order chi connectivity index (χ1) is 10.9. The number of carbonyl (C=O) groups excluding carboxylic acids is 1. The van der Waals surface area contributed by atoms with E-state index in [0.717, 1.165) is 11.1 Å². The highest BCUT2D eigenvalue weighted by Gasteiger charge is 2.24. The van der Waals surface area contributed by atoms with Gasteiger partial charge in [0.25, 0.3) is 0 Å². The quantitative estimate of drug-likeness (QED) is 0.863. The Bertz CT molecular complexity index is 684. The summed E-state index contributed by atoms with van der Waals surface area (Å²) in [7, 11) is 3.66. The van der Waals surface area contributed by atoms with E-state index < -0.39 is 6.04 Å². The van der Waals surface area contributed by atoms with Crippen LogP contribution in [0.3, 0.4) is 0 Å². The van der Waals surface area contributed by atoms with E-state index in [1.807, 2.05) is 43.3 Å². The van der Waals surface area contributed by atoms with E-state index in [1.54, 1.807) is 18.2 Å². The second-order valence-corrected chi connectivity index (χ2v) is 6.34. The predicted octanol–water partition coefficient (Wildman–Crippen LogP) is 3.69. The van der Waals surface area contributed by atoms with E-state index in [9.17, 15) is 4.79 Å². The highest BCUT2D eigenvalue weighted by Crippen LogP contribution is 2.27. The van der Waals surface area contributed by atoms with Gasteiger partial charge >= 0.3 is 0 Å². The number of nitrogens with two attached hydrogens (primary N) is 1. The molecular weight excluding hydrogens is 333 g/mol. The SMILES string of the molecule is CN(C)[C@H](C(=O)Nc1cccc(CN)c1)c1cc(Cl)cc(Cl)c1. The van der Waals surface area contributed by atoms with Crippen LogP contribution in [0.25, 0.3) is 0 Å². The van der Waals surface area contributed by atoms with E-state index in [1.165, 1.54) is 0 Å². The van der Waals surface area contributed by atoms with E-state index in [-0.39, 0.29) is 5.91 Å². The van der Waals surface area contributed by atoms with E-state index in [2.05, 4.69) is 5.32 Å². The number of anilines is 1. The molecule has 0 aliphatic carbocycles. The van der Waals surface area contributed by atoms with Crippen molar-refractivity contribution in [3.05, 3.63) is 63.6 Å². The molecule has 4 nitrogen and oxygen atoms in total. The molecule has 0 unspecified atom stereocenters. The minimum absolute atomic E-state index is 0.164. The van der Waals surface area contributed by atoms with Crippen LogP contribution < -0.4 is 11.1 Å². The molecule has 23 heavy (non-hydrogen) atoms. The summed E-state index contributed by atoms with van der Waals surface area (Å²) in [5.41, 5.74) is 8.03. The van der Waals surface area contributed by atoms with Gasteiger partial charge in [-0.2, -0.15) is 0 Å². The molecule has 2 aromatic rings. The molecule has 122 valence electrons. The monoisotopic (exact) mass is 351 g/mol. The maximum absolute atomic E-state index is 12.7. The lowest BCUT2D eigenvalue weighted by molar-refractivity contribution is -0.120. The van der Waals surface area contributed by atoms with Gasteiger partial charge < -0.3 is 11.1 Å². The fourth-order valence-electron chi connectivity index (χ4n) is 2.40. The molecule has 0 fully saturated rings. The molecule has 0 aliphatic heterocycles. The minimum atomic E-state index is -0.507. The molecule has 3 N–H and O–H groups in total. The van der Waals surface area contributed by atoms with Crippen molar-refractivity contribution in [3.8, 4) is 0 Å². The molecule has 0 saturated carbocycles. The Hall–Kier alpha value is -1.59. The number of hydrogen-bond donors (Lipinski definition) is 2. The molecule has 2 aromatic carbocycles. The Morgan fingerprint density at radius 1 is 1.17 bits per heavy atom. The van der Waals surface area contributed by atoms with Gasteiger partial charge in [-0.25, -0.2) is 0 Å². The van der Waals surface area contributed by atoms with Gasteiger partial charge in [-0.15, -0.1) is 0 Å². The van der Waals surface area contributed by atoms with Gasteiger partial charge in [-0.05, 0) is 55.6 Å². The summed E-state index contributed by atoms with van der Waals surface area (Å²) >= 11 is 12.1. The van der Waals surface area contributed by atoms with Gasteiger partial charge in [-0.1, -0.05) is 35.3 Å². The molecule has 1 amide bonds. The van der Waals surface area contributed by atoms with E-state index >= 15 is 0 Å². The van der Waals surface area contributed by atoms with Crippen LogP contribution in [-0.4, -0.2) is 24.9 Å². The third-order valence-electron chi connectivity index (χ3n) is 3.40. The summed E-state index contributed by atoms with van der Waals surface area (Å²) in [5.74, 6) is -0.164. The molecule has 0 saturated heterocycles. The van der Waals surface area contributed by atoms with Crippen LogP contribution in [-0.2, 0) is 11.3 Å². The number of rotatable bonds is 5. The molecule has 0 aliphatic rings. The predicted molar refractivity (Wildman–Crippen MR) is 95.9 cm³/mol. The molecular formula is C17H19Cl2N3O. The van der Waals surface area contributed by atoms with Gasteiger partial charge in [0.05, 0.1) is 0 Å². The Balaban J connectivity index is 2.28. The topological polar surface area (TPSA) is 58.4 Å². The molecule has 6 heteroatoms. The van der Waals surface area contributed by atoms with Gasteiger partial charge in [0.15, 0.2) is 0 Å². The number of amides is 1. The van der Waals surface area contributed by atoms with Crippen molar-refractivity contribution in [3.63, 3.8) is 0 Å². The second-order valence-electron chi connectivity index (χ2n) is 5.46. The van der Waals surface area contributed by atoms with Crippen molar-refractivity contribution < 1.29 is 4.79 Å². The molecule has 0 radical (unpaired) electrons. The first-order valence-electron chi connectivity index (χ1n) is 7.13. The third kappa shape index (κ3) is 4.69. The second kappa shape index (κ2) is 7.79. The number of nitrogens with zero attached hydrogens (tertiary/aromatic N) is 1. The van der Waals surface area contributed by atoms with Crippen LogP contribution in [0.5, 0.6) is 0 Å². The lowest BCUT2D eigenvalue weighted by atomic mass is 10.0. The fraction of sp³-hybridized carbons (Fsp3) is 0.235. The van der Waals surface area contributed by atoms with Crippen LogP contribution in [0.1, 0.15) is 17.2 Å². The standard InChI is InChI=1S/C17H19Cl2N3O/c1-22(2)16(12-7-13(18)9-14(19)8-12)17(23)21-15-5-3-4-11(6-15)10-20/h3-9,16H,10,20H2,1-2H3,(H,21,23)/t16-/m0/s1. The Kier molecular flexibility index (Phi) is 6.02. The Morgan fingerprint density at radius 2 is 1.83 bits per heavy atom. The number of benzene rings is 2. The van der Waals surface area contributed by atoms with Crippen molar-refractivity contribution in [2.24, 2.45) is 5.73 Å². The third-order valence-corrected chi connectivity index (χ3v) is 3.83. The highest BCUT2D eigenvalue weighted by atomic mass is 35.5. The van der Waals surface area contributed by atoms with Crippen LogP contribution in [0, 0.1) is 0 Å². The minimum Gasteiger partial charge on any atom is -0.326 e. The van der Waals surface area contributed by atoms with Gasteiger partial charge in [0, 0.05) is 22.3 Å². The van der Waals surface area contributed by atoms with E-state index in [4.69, 9.17) is 28.9 Å². The van der Waals surface area contributed by atoms with Gasteiger partial charge in [0.2, 0.25) is 5.91 Å². The van der Waals surface area contributed by atoms with E-state index in [0.29, 0.717) is 22.3 Å². The summed E-state index contributed by atoms with van der Waals surface area (Å²) in [6.07, 6.45) is 0. The van der Waals surface area contributed by atoms with Crippen molar-refractivity contribution in [1.29, 1.82) is 0 Å². The van der Waals surface area contributed by atoms with Crippen molar-refractivity contribution in [2.45, 2.75) is 12.6 Å². The van der Waals surface area contributed by atoms with Crippen molar-refractivity contribution in [2.75, 3.05) is 19.4 Å². The normalized spacial score (nSPS) is 12.3. The number of carbonyl (C=O) groups is 1. The molecule has 1 atom stereocenters. The number of hydrogen-bond acceptors (Lipinski definition) is 3. The lowest BCUT2D eigenvalue weighted by Crippen LogP contribution is -2.32. The van der Waals surface area contributed by atoms with Crippen LogP contribution in [0.15, 0.2) is 42.5 Å². The molecule has 0 bridgehead atoms. The average Bonchev–Trinajstić information content (AvgIpc) is 2.46.